The first-order chi connectivity index (χ1) is 31.3. The van der Waals surface area contributed by atoms with Crippen molar-refractivity contribution in [1.29, 1.82) is 0 Å². The molecule has 3 N–H and O–H groups in total. The van der Waals surface area contributed by atoms with E-state index in [4.69, 9.17) is 38.7 Å². The molecule has 6 rings (SSSR count). The zero-order chi connectivity index (χ0) is 45.3. The zero-order valence-electron chi connectivity index (χ0n) is 34.0. The van der Waals surface area contributed by atoms with Gasteiger partial charge in [0.25, 0.3) is 0 Å². The highest BCUT2D eigenvalue weighted by atomic mass is 16.7. The van der Waals surface area contributed by atoms with Crippen LogP contribution in [0.5, 0.6) is 0 Å². The summed E-state index contributed by atoms with van der Waals surface area (Å²) in [5.41, 5.74) is 49.4. The van der Waals surface area contributed by atoms with E-state index in [2.05, 4.69) is 50.1 Å². The van der Waals surface area contributed by atoms with Crippen LogP contribution in [-0.2, 0) is 53.0 Å². The monoisotopic (exact) mass is 883 g/mol. The molecule has 3 fully saturated rings. The lowest BCUT2D eigenvalue weighted by molar-refractivity contribution is -0.344. The summed E-state index contributed by atoms with van der Waals surface area (Å²) < 4.78 is 45.0. The van der Waals surface area contributed by atoms with Crippen LogP contribution in [0.4, 0.5) is 0 Å². The van der Waals surface area contributed by atoms with Crippen molar-refractivity contribution in [3.8, 4) is 0 Å². The molecular weight excluding hydrogens is 839 g/mol. The van der Waals surface area contributed by atoms with Crippen LogP contribution in [0.3, 0.4) is 0 Å². The summed E-state index contributed by atoms with van der Waals surface area (Å²) in [4.78, 5) is 14.2. The van der Waals surface area contributed by atoms with Gasteiger partial charge in [0, 0.05) is 24.6 Å². The number of aliphatic hydroxyl groups is 3. The van der Waals surface area contributed by atoms with Gasteiger partial charge >= 0.3 is 0 Å². The second-order valence-electron chi connectivity index (χ2n) is 14.8. The maximum atomic E-state index is 12.2. The Morgan fingerprint density at radius 3 is 1.41 bits per heavy atom. The van der Waals surface area contributed by atoms with Crippen molar-refractivity contribution in [2.45, 2.75) is 118 Å². The predicted molar refractivity (Wildman–Crippen MR) is 222 cm³/mol. The van der Waals surface area contributed by atoms with Gasteiger partial charge in [-0.05, 0) is 50.8 Å². The molecule has 25 nitrogen and oxygen atoms in total. The Bertz CT molecular complexity index is 2190. The Morgan fingerprint density at radius 2 is 0.922 bits per heavy atom. The van der Waals surface area contributed by atoms with Crippen LogP contribution in [0.25, 0.3) is 52.2 Å². The third kappa shape index (κ3) is 12.1. The second-order valence-corrected chi connectivity index (χ2v) is 14.8. The molecule has 15 atom stereocenters. The molecule has 3 aliphatic rings. The van der Waals surface area contributed by atoms with Gasteiger partial charge in [-0.2, -0.15) is 0 Å². The summed E-state index contributed by atoms with van der Waals surface area (Å²) in [6.45, 7) is -0.572. The van der Waals surface area contributed by atoms with Crippen LogP contribution in [0.1, 0.15) is 23.1 Å². The van der Waals surface area contributed by atoms with Crippen molar-refractivity contribution in [3.05, 3.63) is 160 Å². The number of aliphatic hydroxyl groups excluding tert-OH is 3. The van der Waals surface area contributed by atoms with E-state index in [9.17, 15) is 37.4 Å². The molecule has 0 radical (unpaired) electrons. The maximum Gasteiger partial charge on any atom is 0.187 e. The minimum absolute atomic E-state index is 0.00897. The molecule has 25 heteroatoms. The van der Waals surface area contributed by atoms with Crippen molar-refractivity contribution in [1.82, 2.24) is 0 Å². The Labute approximate surface area is 364 Å². The highest BCUT2D eigenvalue weighted by molar-refractivity contribution is 5.16. The van der Waals surface area contributed by atoms with E-state index in [0.717, 1.165) is 16.7 Å². The van der Waals surface area contributed by atoms with Crippen LogP contribution in [-0.4, -0.2) is 120 Å². The van der Waals surface area contributed by atoms with Crippen LogP contribution >= 0.6 is 0 Å². The molecule has 336 valence electrons. The fourth-order valence-electron chi connectivity index (χ4n) is 7.77. The van der Waals surface area contributed by atoms with E-state index in [1.54, 1.807) is 0 Å². The van der Waals surface area contributed by atoms with Crippen molar-refractivity contribution in [3.63, 3.8) is 0 Å². The molecule has 0 amide bonds. The molecule has 3 aromatic carbocycles. The van der Waals surface area contributed by atoms with E-state index >= 15 is 0 Å². The Hall–Kier alpha value is -6.19. The average Bonchev–Trinajstić information content (AvgIpc) is 3.32. The summed E-state index contributed by atoms with van der Waals surface area (Å²) in [6, 6.07) is 23.7. The molecule has 64 heavy (non-hydrogen) atoms. The van der Waals surface area contributed by atoms with E-state index in [1.165, 1.54) is 0 Å². The van der Waals surface area contributed by atoms with Crippen LogP contribution in [0, 0.1) is 0 Å². The molecule has 0 unspecified atom stereocenters. The van der Waals surface area contributed by atoms with Gasteiger partial charge in [0.2, 0.25) is 0 Å². The fourth-order valence-corrected chi connectivity index (χ4v) is 7.77. The third-order valence-electron chi connectivity index (χ3n) is 10.8. The summed E-state index contributed by atoms with van der Waals surface area (Å²) in [6.07, 6.45) is -17.5. The van der Waals surface area contributed by atoms with Gasteiger partial charge in [0.05, 0.1) is 75.5 Å². The molecule has 2 saturated heterocycles. The smallest absolute Gasteiger partial charge is 0.187 e. The molecule has 0 spiro atoms. The SMILES string of the molecule is [N-]=[N+]=NC[C@H]1O[C@H](O[C@H]2[C@H](O)[C@@H](O[C@H]3O[C@H](CN=[N+]=[N-])[C@@H](OCc4ccccc4)[C@H](OCc4ccccc4)[C@H]3OCc3ccccc3)[C@H](N=[N+]=[N-])C[C@@H]2N=[N+]=[N-])[C@H](N=[N+]=[N-])[C@@H](O)[C@@H]1O. The summed E-state index contributed by atoms with van der Waals surface area (Å²) >= 11 is 0. The van der Waals surface area contributed by atoms with E-state index < -0.39 is 98.3 Å². The first-order valence-corrected chi connectivity index (χ1v) is 20.1. The normalized spacial score (nSPS) is 32.3. The number of benzene rings is 3. The minimum Gasteiger partial charge on any atom is -0.390 e. The van der Waals surface area contributed by atoms with Crippen molar-refractivity contribution >= 4 is 0 Å². The summed E-state index contributed by atoms with van der Waals surface area (Å²) in [5.74, 6) is 0. The van der Waals surface area contributed by atoms with Gasteiger partial charge < -0.3 is 48.5 Å². The Kier molecular flexibility index (Phi) is 17.8. The van der Waals surface area contributed by atoms with Gasteiger partial charge in [0.15, 0.2) is 12.6 Å². The van der Waals surface area contributed by atoms with Crippen molar-refractivity contribution in [2.24, 2.45) is 25.6 Å². The first-order valence-electron chi connectivity index (χ1n) is 20.1. The molecule has 0 aromatic heterocycles. The standard InChI is InChI=1S/C39H45N15O10/c40-50-45-17-27-30(55)31(56)29(49-54-44)38(61-27)63-33-25(47-52-42)16-26(48-53-43)34(32(33)57)64-39-37(60-21-24-14-8-3-9-15-24)36(59-20-23-12-6-2-7-13-23)35(28(62-39)18-46-51-41)58-19-22-10-4-1-5-11-22/h1-15,25-39,55-57H,16-21H2/t25-,26+,27+,28+,29+,30+,31+,32-,33+,34-,35+,36-,37+,38+,39+/m0/s1. The molecule has 3 aromatic rings. The molecule has 1 saturated carbocycles. The number of nitrogens with zero attached hydrogens (tertiary/aromatic N) is 15. The van der Waals surface area contributed by atoms with Gasteiger partial charge in [-0.15, -0.1) is 0 Å². The fraction of sp³-hybridized carbons (Fsp3) is 0.538. The highest BCUT2D eigenvalue weighted by Gasteiger charge is 2.54. The van der Waals surface area contributed by atoms with E-state index in [0.29, 0.717) is 0 Å². The minimum atomic E-state index is -1.86. The largest absolute Gasteiger partial charge is 0.390 e. The first kappa shape index (κ1) is 47.3. The van der Waals surface area contributed by atoms with Gasteiger partial charge in [-0.3, -0.25) is 0 Å². The number of ether oxygens (including phenoxy) is 7. The van der Waals surface area contributed by atoms with Crippen LogP contribution in [0.2, 0.25) is 0 Å². The van der Waals surface area contributed by atoms with Gasteiger partial charge in [-0.25, -0.2) is 0 Å². The van der Waals surface area contributed by atoms with E-state index in [1.807, 2.05) is 91.0 Å². The predicted octanol–water partition coefficient (Wildman–Crippen LogP) is 6.11. The lowest BCUT2D eigenvalue weighted by Gasteiger charge is -2.49. The molecule has 2 aliphatic heterocycles. The van der Waals surface area contributed by atoms with Gasteiger partial charge in [-0.1, -0.05) is 117 Å². The lowest BCUT2D eigenvalue weighted by Crippen LogP contribution is -2.65. The molecule has 2 heterocycles. The lowest BCUT2D eigenvalue weighted by atomic mass is 9.84. The summed E-state index contributed by atoms with van der Waals surface area (Å²) in [7, 11) is 0. The topological polar surface area (TPSA) is 369 Å². The molecule has 1 aliphatic carbocycles. The van der Waals surface area contributed by atoms with E-state index in [-0.39, 0.29) is 32.8 Å². The highest BCUT2D eigenvalue weighted by Crippen LogP contribution is 2.38. The van der Waals surface area contributed by atoms with Crippen LogP contribution in [0.15, 0.2) is 117 Å². The quantitative estimate of drug-likeness (QED) is 0.0664. The number of hydrogen-bond acceptors (Lipinski definition) is 15. The Morgan fingerprint density at radius 1 is 0.484 bits per heavy atom. The van der Waals surface area contributed by atoms with Crippen LogP contribution < -0.4 is 0 Å². The number of azide groups is 5. The molecular formula is C39H45N15O10. The van der Waals surface area contributed by atoms with Gasteiger partial charge in [0.1, 0.15) is 36.6 Å². The number of rotatable bonds is 20. The zero-order valence-corrected chi connectivity index (χ0v) is 34.0. The average molecular weight is 884 g/mol. The number of hydrogen-bond donors (Lipinski definition) is 3. The Balaban J connectivity index is 1.39. The summed E-state index contributed by atoms with van der Waals surface area (Å²) in [5, 5.41) is 52.3. The van der Waals surface area contributed by atoms with Crippen molar-refractivity contribution < 1.29 is 48.5 Å². The van der Waals surface area contributed by atoms with Crippen molar-refractivity contribution in [2.75, 3.05) is 13.1 Å². The molecule has 0 bridgehead atoms. The second kappa shape index (κ2) is 24.0. The third-order valence-corrected chi connectivity index (χ3v) is 10.8. The maximum absolute atomic E-state index is 12.2.